The average Bonchev–Trinajstić information content (AvgIpc) is 2.38. The first-order valence-electron chi connectivity index (χ1n) is 5.47. The fourth-order valence-electron chi connectivity index (χ4n) is 1.60. The Morgan fingerprint density at radius 1 is 1.29 bits per heavy atom. The minimum Gasteiger partial charge on any atom is -0.489 e. The highest BCUT2D eigenvalue weighted by atomic mass is 79.9. The third kappa shape index (κ3) is 3.30. The first kappa shape index (κ1) is 12.1. The topological polar surface area (TPSA) is 22.1 Å². The van der Waals surface area contributed by atoms with Crippen molar-refractivity contribution in [2.75, 3.05) is 0 Å². The second-order valence-corrected chi connectivity index (χ2v) is 4.46. The zero-order valence-electron chi connectivity index (χ0n) is 9.69. The molecule has 1 aromatic carbocycles. The molecule has 0 N–H and O–H groups in total. The summed E-state index contributed by atoms with van der Waals surface area (Å²) in [6.07, 6.45) is 3.58. The molecule has 1 aromatic heterocycles. The zero-order chi connectivity index (χ0) is 12.1. The molecule has 0 spiro atoms. The van der Waals surface area contributed by atoms with Gasteiger partial charge in [-0.3, -0.25) is 4.98 Å². The number of alkyl halides is 1. The van der Waals surface area contributed by atoms with E-state index in [0.29, 0.717) is 6.61 Å². The Kier molecular flexibility index (Phi) is 4.15. The molecular formula is C14H14BrNO. The highest BCUT2D eigenvalue weighted by molar-refractivity contribution is 9.08. The molecule has 0 amide bonds. The van der Waals surface area contributed by atoms with Gasteiger partial charge in [-0.15, -0.1) is 0 Å². The predicted molar refractivity (Wildman–Crippen MR) is 72.4 cm³/mol. The van der Waals surface area contributed by atoms with Crippen molar-refractivity contribution in [2.45, 2.75) is 18.9 Å². The Morgan fingerprint density at radius 2 is 2.18 bits per heavy atom. The number of aryl methyl sites for hydroxylation is 1. The van der Waals surface area contributed by atoms with E-state index in [4.69, 9.17) is 4.74 Å². The number of rotatable bonds is 4. The van der Waals surface area contributed by atoms with E-state index in [1.807, 2.05) is 24.4 Å². The molecule has 0 aliphatic carbocycles. The lowest BCUT2D eigenvalue weighted by atomic mass is 10.1. The van der Waals surface area contributed by atoms with E-state index in [1.165, 1.54) is 11.1 Å². The van der Waals surface area contributed by atoms with Crippen molar-refractivity contribution in [2.24, 2.45) is 0 Å². The molecule has 1 heterocycles. The van der Waals surface area contributed by atoms with Crippen LogP contribution < -0.4 is 4.74 Å². The van der Waals surface area contributed by atoms with Gasteiger partial charge >= 0.3 is 0 Å². The van der Waals surface area contributed by atoms with Gasteiger partial charge < -0.3 is 4.74 Å². The van der Waals surface area contributed by atoms with Crippen molar-refractivity contribution in [3.63, 3.8) is 0 Å². The first-order chi connectivity index (χ1) is 8.29. The summed E-state index contributed by atoms with van der Waals surface area (Å²) in [6, 6.07) is 10.1. The standard InChI is InChI=1S/C14H14BrNO/c1-11-4-5-14(13(7-11)8-15)17-10-12-3-2-6-16-9-12/h2-7,9H,8,10H2,1H3. The molecule has 0 bridgehead atoms. The third-order valence-electron chi connectivity index (χ3n) is 2.48. The number of ether oxygens (including phenoxy) is 1. The average molecular weight is 292 g/mol. The Hall–Kier alpha value is -1.35. The second kappa shape index (κ2) is 5.82. The molecule has 17 heavy (non-hydrogen) atoms. The van der Waals surface area contributed by atoms with Gasteiger partial charge in [0.15, 0.2) is 0 Å². The molecule has 0 atom stereocenters. The van der Waals surface area contributed by atoms with Crippen LogP contribution in [0.15, 0.2) is 42.7 Å². The monoisotopic (exact) mass is 291 g/mol. The summed E-state index contributed by atoms with van der Waals surface area (Å²) in [7, 11) is 0. The van der Waals surface area contributed by atoms with Gasteiger partial charge in [-0.25, -0.2) is 0 Å². The number of aromatic nitrogens is 1. The number of pyridine rings is 1. The summed E-state index contributed by atoms with van der Waals surface area (Å²) in [6.45, 7) is 2.63. The van der Waals surface area contributed by atoms with Gasteiger partial charge in [0.1, 0.15) is 12.4 Å². The van der Waals surface area contributed by atoms with Crippen molar-refractivity contribution >= 4 is 15.9 Å². The van der Waals surface area contributed by atoms with Crippen molar-refractivity contribution in [3.8, 4) is 5.75 Å². The van der Waals surface area contributed by atoms with E-state index in [9.17, 15) is 0 Å². The number of nitrogens with zero attached hydrogens (tertiary/aromatic N) is 1. The summed E-state index contributed by atoms with van der Waals surface area (Å²) in [5.74, 6) is 0.927. The first-order valence-corrected chi connectivity index (χ1v) is 6.59. The van der Waals surface area contributed by atoms with Crippen molar-refractivity contribution in [1.29, 1.82) is 0 Å². The van der Waals surface area contributed by atoms with Crippen LogP contribution in [0.3, 0.4) is 0 Å². The Morgan fingerprint density at radius 3 is 2.88 bits per heavy atom. The lowest BCUT2D eigenvalue weighted by molar-refractivity contribution is 0.303. The van der Waals surface area contributed by atoms with Crippen LogP contribution in [0, 0.1) is 6.92 Å². The van der Waals surface area contributed by atoms with Gasteiger partial charge in [-0.2, -0.15) is 0 Å². The minimum absolute atomic E-state index is 0.552. The lowest BCUT2D eigenvalue weighted by Gasteiger charge is -2.10. The van der Waals surface area contributed by atoms with Gasteiger partial charge in [0.05, 0.1) is 0 Å². The zero-order valence-corrected chi connectivity index (χ0v) is 11.3. The van der Waals surface area contributed by atoms with Crippen LogP contribution in [-0.2, 0) is 11.9 Å². The maximum atomic E-state index is 5.80. The predicted octanol–water partition coefficient (Wildman–Crippen LogP) is 3.86. The van der Waals surface area contributed by atoms with E-state index in [1.54, 1.807) is 6.20 Å². The van der Waals surface area contributed by atoms with Crippen LogP contribution in [0.4, 0.5) is 0 Å². The van der Waals surface area contributed by atoms with Gasteiger partial charge in [-0.1, -0.05) is 39.7 Å². The number of halogens is 1. The maximum absolute atomic E-state index is 5.80. The number of hydrogen-bond acceptors (Lipinski definition) is 2. The third-order valence-corrected chi connectivity index (χ3v) is 3.08. The molecule has 0 unspecified atom stereocenters. The molecule has 3 heteroatoms. The van der Waals surface area contributed by atoms with Crippen LogP contribution in [0.25, 0.3) is 0 Å². The molecular weight excluding hydrogens is 278 g/mol. The van der Waals surface area contributed by atoms with Crippen molar-refractivity contribution in [3.05, 3.63) is 59.4 Å². The highest BCUT2D eigenvalue weighted by Crippen LogP contribution is 2.23. The molecule has 0 aliphatic heterocycles. The summed E-state index contributed by atoms with van der Waals surface area (Å²) in [4.78, 5) is 4.06. The largest absolute Gasteiger partial charge is 0.489 e. The smallest absolute Gasteiger partial charge is 0.123 e. The van der Waals surface area contributed by atoms with E-state index in [0.717, 1.165) is 16.6 Å². The summed E-state index contributed by atoms with van der Waals surface area (Å²) < 4.78 is 5.80. The molecule has 0 radical (unpaired) electrons. The summed E-state index contributed by atoms with van der Waals surface area (Å²) in [5.41, 5.74) is 3.50. The van der Waals surface area contributed by atoms with Crippen molar-refractivity contribution in [1.82, 2.24) is 4.98 Å². The fourth-order valence-corrected chi connectivity index (χ4v) is 2.04. The molecule has 0 saturated heterocycles. The number of hydrogen-bond donors (Lipinski definition) is 0. The Labute approximate surface area is 110 Å². The molecule has 0 fully saturated rings. The van der Waals surface area contributed by atoms with Crippen LogP contribution in [0.5, 0.6) is 5.75 Å². The highest BCUT2D eigenvalue weighted by Gasteiger charge is 2.03. The van der Waals surface area contributed by atoms with E-state index >= 15 is 0 Å². The van der Waals surface area contributed by atoms with Gasteiger partial charge in [0.2, 0.25) is 0 Å². The molecule has 2 rings (SSSR count). The Balaban J connectivity index is 2.09. The van der Waals surface area contributed by atoms with Gasteiger partial charge in [-0.05, 0) is 19.1 Å². The van der Waals surface area contributed by atoms with E-state index in [2.05, 4.69) is 40.0 Å². The van der Waals surface area contributed by atoms with E-state index < -0.39 is 0 Å². The molecule has 2 aromatic rings. The van der Waals surface area contributed by atoms with Crippen LogP contribution in [0.1, 0.15) is 16.7 Å². The van der Waals surface area contributed by atoms with E-state index in [-0.39, 0.29) is 0 Å². The minimum atomic E-state index is 0.552. The maximum Gasteiger partial charge on any atom is 0.123 e. The SMILES string of the molecule is Cc1ccc(OCc2cccnc2)c(CBr)c1. The molecule has 0 aliphatic rings. The second-order valence-electron chi connectivity index (χ2n) is 3.89. The van der Waals surface area contributed by atoms with Crippen LogP contribution in [-0.4, -0.2) is 4.98 Å². The molecule has 0 saturated carbocycles. The number of benzene rings is 1. The summed E-state index contributed by atoms with van der Waals surface area (Å²) >= 11 is 3.48. The lowest BCUT2D eigenvalue weighted by Crippen LogP contribution is -1.98. The Bertz CT molecular complexity index is 485. The quantitative estimate of drug-likeness (QED) is 0.798. The van der Waals surface area contributed by atoms with Crippen LogP contribution >= 0.6 is 15.9 Å². The van der Waals surface area contributed by atoms with Crippen molar-refractivity contribution < 1.29 is 4.74 Å². The normalized spacial score (nSPS) is 10.2. The molecule has 88 valence electrons. The van der Waals surface area contributed by atoms with Gasteiger partial charge in [0.25, 0.3) is 0 Å². The fraction of sp³-hybridized carbons (Fsp3) is 0.214. The van der Waals surface area contributed by atoms with Crippen LogP contribution in [0.2, 0.25) is 0 Å². The van der Waals surface area contributed by atoms with Gasteiger partial charge in [0, 0.05) is 28.9 Å². The summed E-state index contributed by atoms with van der Waals surface area (Å²) in [5, 5.41) is 0.803. The molecule has 2 nitrogen and oxygen atoms in total.